The highest BCUT2D eigenvalue weighted by atomic mass is 16.6. The number of fused-ring (bicyclic) bond motifs is 1. The van der Waals surface area contributed by atoms with Crippen LogP contribution in [0, 0.1) is 6.92 Å². The number of hydrogen-bond acceptors (Lipinski definition) is 5. The van der Waals surface area contributed by atoms with Crippen molar-refractivity contribution in [3.63, 3.8) is 0 Å². The average molecular weight is 410 g/mol. The molecule has 1 unspecified atom stereocenters. The molecule has 1 fully saturated rings. The van der Waals surface area contributed by atoms with E-state index < -0.39 is 0 Å². The minimum absolute atomic E-state index is 0.00833. The summed E-state index contributed by atoms with van der Waals surface area (Å²) in [5, 5.41) is 3.07. The summed E-state index contributed by atoms with van der Waals surface area (Å²) in [6, 6.07) is 14.0. The van der Waals surface area contributed by atoms with Crippen LogP contribution in [0.1, 0.15) is 25.3 Å². The highest BCUT2D eigenvalue weighted by molar-refractivity contribution is 5.93. The number of aryl methyl sites for hydroxylation is 1. The molecule has 2 aliphatic heterocycles. The molecule has 1 N–H and O–H groups in total. The van der Waals surface area contributed by atoms with Crippen LogP contribution in [-0.4, -0.2) is 56.2 Å². The molecule has 4 rings (SSSR count). The second kappa shape index (κ2) is 9.39. The first-order valence-corrected chi connectivity index (χ1v) is 10.9. The van der Waals surface area contributed by atoms with Crippen LogP contribution in [0.25, 0.3) is 0 Å². The van der Waals surface area contributed by atoms with Gasteiger partial charge in [0.15, 0.2) is 11.5 Å². The van der Waals surface area contributed by atoms with Crippen molar-refractivity contribution in [1.82, 2.24) is 4.90 Å². The first-order valence-electron chi connectivity index (χ1n) is 10.9. The predicted octanol–water partition coefficient (Wildman–Crippen LogP) is 3.70. The van der Waals surface area contributed by atoms with E-state index in [4.69, 9.17) is 9.47 Å². The zero-order valence-corrected chi connectivity index (χ0v) is 17.9. The Kier molecular flexibility index (Phi) is 6.43. The fourth-order valence-electron chi connectivity index (χ4n) is 4.10. The lowest BCUT2D eigenvalue weighted by atomic mass is 10.1. The summed E-state index contributed by atoms with van der Waals surface area (Å²) in [6.45, 7) is 8.57. The maximum absolute atomic E-state index is 12.7. The molecule has 0 saturated carbocycles. The van der Waals surface area contributed by atoms with Gasteiger partial charge in [0.25, 0.3) is 0 Å². The van der Waals surface area contributed by atoms with Crippen LogP contribution in [0.3, 0.4) is 0 Å². The molecule has 0 aliphatic carbocycles. The average Bonchev–Trinajstić information content (AvgIpc) is 3.29. The van der Waals surface area contributed by atoms with Gasteiger partial charge in [0, 0.05) is 31.0 Å². The van der Waals surface area contributed by atoms with Crippen molar-refractivity contribution < 1.29 is 14.3 Å². The third-order valence-corrected chi connectivity index (χ3v) is 5.80. The Labute approximate surface area is 178 Å². The maximum Gasteiger partial charge on any atom is 0.238 e. The van der Waals surface area contributed by atoms with Gasteiger partial charge in [-0.15, -0.1) is 0 Å². The van der Waals surface area contributed by atoms with Crippen molar-refractivity contribution in [2.75, 3.05) is 49.5 Å². The summed E-state index contributed by atoms with van der Waals surface area (Å²) < 4.78 is 11.8. The van der Waals surface area contributed by atoms with E-state index in [0.29, 0.717) is 19.7 Å². The van der Waals surface area contributed by atoms with Crippen molar-refractivity contribution in [2.45, 2.75) is 32.8 Å². The van der Waals surface area contributed by atoms with Crippen molar-refractivity contribution in [1.29, 1.82) is 0 Å². The Bertz CT molecular complexity index is 880. The molecule has 0 spiro atoms. The van der Waals surface area contributed by atoms with Gasteiger partial charge in [-0.3, -0.25) is 9.69 Å². The molecule has 0 bridgehead atoms. The van der Waals surface area contributed by atoms with E-state index in [-0.39, 0.29) is 12.0 Å². The standard InChI is InChI=1S/C24H31N3O3/c1-3-26(15-20-17-29-22-8-4-5-9-23(22)30-20)16-24(28)25-21-11-10-19(14-18(21)2)27-12-6-7-13-27/h4-5,8-11,14,20H,3,6-7,12-13,15-17H2,1-2H3,(H,25,28). The molecule has 2 aromatic carbocycles. The number of carbonyl (C=O) groups excluding carboxylic acids is 1. The zero-order chi connectivity index (χ0) is 20.9. The number of nitrogens with zero attached hydrogens (tertiary/aromatic N) is 2. The number of benzene rings is 2. The van der Waals surface area contributed by atoms with Gasteiger partial charge in [-0.25, -0.2) is 0 Å². The van der Waals surface area contributed by atoms with Crippen LogP contribution in [0.4, 0.5) is 11.4 Å². The molecule has 2 aliphatic rings. The summed E-state index contributed by atoms with van der Waals surface area (Å²) in [6.07, 6.45) is 2.42. The summed E-state index contributed by atoms with van der Waals surface area (Å²) in [7, 11) is 0. The molecule has 1 atom stereocenters. The van der Waals surface area contributed by atoms with Crippen LogP contribution in [0.5, 0.6) is 11.5 Å². The number of para-hydroxylation sites is 2. The fourth-order valence-corrected chi connectivity index (χ4v) is 4.10. The van der Waals surface area contributed by atoms with Gasteiger partial charge in [0.2, 0.25) is 5.91 Å². The van der Waals surface area contributed by atoms with Crippen molar-refractivity contribution in [3.8, 4) is 11.5 Å². The lowest BCUT2D eigenvalue weighted by Gasteiger charge is -2.30. The van der Waals surface area contributed by atoms with Gasteiger partial charge in [-0.05, 0) is 62.2 Å². The number of nitrogens with one attached hydrogen (secondary N) is 1. The van der Waals surface area contributed by atoms with E-state index >= 15 is 0 Å². The minimum atomic E-state index is -0.0888. The third kappa shape index (κ3) is 4.87. The summed E-state index contributed by atoms with van der Waals surface area (Å²) in [5.41, 5.74) is 3.22. The first kappa shape index (κ1) is 20.5. The zero-order valence-electron chi connectivity index (χ0n) is 17.9. The summed E-state index contributed by atoms with van der Waals surface area (Å²) in [4.78, 5) is 17.2. The van der Waals surface area contributed by atoms with Crippen LogP contribution in [-0.2, 0) is 4.79 Å². The Morgan fingerprint density at radius 1 is 1.17 bits per heavy atom. The number of rotatable bonds is 7. The Balaban J connectivity index is 1.31. The topological polar surface area (TPSA) is 54.0 Å². The minimum Gasteiger partial charge on any atom is -0.486 e. The van der Waals surface area contributed by atoms with E-state index in [1.54, 1.807) is 0 Å². The van der Waals surface area contributed by atoms with Gasteiger partial charge in [0.05, 0.1) is 6.54 Å². The molecule has 1 amide bonds. The van der Waals surface area contributed by atoms with Crippen molar-refractivity contribution in [3.05, 3.63) is 48.0 Å². The second-order valence-corrected chi connectivity index (χ2v) is 8.07. The van der Waals surface area contributed by atoms with Crippen molar-refractivity contribution in [2.24, 2.45) is 0 Å². The maximum atomic E-state index is 12.7. The van der Waals surface area contributed by atoms with E-state index in [0.717, 1.165) is 42.4 Å². The Morgan fingerprint density at radius 2 is 1.93 bits per heavy atom. The summed E-state index contributed by atoms with van der Waals surface area (Å²) >= 11 is 0. The highest BCUT2D eigenvalue weighted by Crippen LogP contribution is 2.31. The quantitative estimate of drug-likeness (QED) is 0.756. The third-order valence-electron chi connectivity index (χ3n) is 5.80. The number of ether oxygens (including phenoxy) is 2. The van der Waals surface area contributed by atoms with E-state index in [9.17, 15) is 4.79 Å². The van der Waals surface area contributed by atoms with E-state index in [2.05, 4.69) is 41.1 Å². The molecule has 1 saturated heterocycles. The second-order valence-electron chi connectivity index (χ2n) is 8.07. The lowest BCUT2D eigenvalue weighted by Crippen LogP contribution is -2.43. The number of amides is 1. The van der Waals surface area contributed by atoms with Gasteiger partial charge in [0.1, 0.15) is 12.7 Å². The number of hydrogen-bond donors (Lipinski definition) is 1. The molecule has 2 aromatic rings. The van der Waals surface area contributed by atoms with Crippen LogP contribution in [0.2, 0.25) is 0 Å². The number of anilines is 2. The molecule has 6 heteroatoms. The SMILES string of the molecule is CCN(CC(=O)Nc1ccc(N2CCCC2)cc1C)CC1COc2ccccc2O1. The number of carbonyl (C=O) groups is 1. The smallest absolute Gasteiger partial charge is 0.238 e. The molecule has 160 valence electrons. The van der Waals surface area contributed by atoms with E-state index in [1.807, 2.05) is 30.3 Å². The molecular weight excluding hydrogens is 378 g/mol. The Hall–Kier alpha value is -2.73. The summed E-state index contributed by atoms with van der Waals surface area (Å²) in [5.74, 6) is 1.54. The monoisotopic (exact) mass is 409 g/mol. The van der Waals surface area contributed by atoms with Gasteiger partial charge in [-0.1, -0.05) is 19.1 Å². The van der Waals surface area contributed by atoms with Crippen molar-refractivity contribution >= 4 is 17.3 Å². The van der Waals surface area contributed by atoms with E-state index in [1.165, 1.54) is 18.5 Å². The van der Waals surface area contributed by atoms with Crippen LogP contribution < -0.4 is 19.7 Å². The molecule has 30 heavy (non-hydrogen) atoms. The predicted molar refractivity (Wildman–Crippen MR) is 120 cm³/mol. The molecule has 2 heterocycles. The highest BCUT2D eigenvalue weighted by Gasteiger charge is 2.23. The normalized spacial score (nSPS) is 18.0. The van der Waals surface area contributed by atoms with Gasteiger partial charge < -0.3 is 19.7 Å². The number of likely N-dealkylation sites (N-methyl/N-ethyl adjacent to an activating group) is 1. The van der Waals surface area contributed by atoms with Gasteiger partial charge >= 0.3 is 0 Å². The first-order chi connectivity index (χ1) is 14.6. The van der Waals surface area contributed by atoms with Crippen LogP contribution >= 0.6 is 0 Å². The lowest BCUT2D eigenvalue weighted by molar-refractivity contribution is -0.117. The van der Waals surface area contributed by atoms with Crippen LogP contribution in [0.15, 0.2) is 42.5 Å². The molecular formula is C24H31N3O3. The molecule has 0 aromatic heterocycles. The largest absolute Gasteiger partial charge is 0.486 e. The molecule has 6 nitrogen and oxygen atoms in total. The Morgan fingerprint density at radius 3 is 2.67 bits per heavy atom. The molecule has 0 radical (unpaired) electrons. The fraction of sp³-hybridized carbons (Fsp3) is 0.458. The van der Waals surface area contributed by atoms with Gasteiger partial charge in [-0.2, -0.15) is 0 Å².